The Morgan fingerprint density at radius 3 is 2.42 bits per heavy atom. The molecule has 0 N–H and O–H groups in total. The number of benzene rings is 1. The average Bonchev–Trinajstić information content (AvgIpc) is 2.03. The number of aryl methyl sites for hydroxylation is 1. The normalized spacial score (nSPS) is 10.8. The van der Waals surface area contributed by atoms with Crippen LogP contribution in [0.5, 0.6) is 0 Å². The Hall–Kier alpha value is -0.300. The molecule has 0 aliphatic rings. The summed E-state index contributed by atoms with van der Waals surface area (Å²) in [7, 11) is 0. The molecule has 1 aromatic carbocycles. The molecule has 0 fully saturated rings. The van der Waals surface area contributed by atoms with Gasteiger partial charge in [-0.25, -0.2) is 0 Å². The van der Waals surface area contributed by atoms with Gasteiger partial charge in [-0.1, -0.05) is 48.0 Å². The van der Waals surface area contributed by atoms with Crippen LogP contribution in [-0.4, -0.2) is 0 Å². The predicted octanol–water partition coefficient (Wildman–Crippen LogP) is 4.01. The van der Waals surface area contributed by atoms with E-state index in [1.54, 1.807) is 0 Å². The number of rotatable bonds is 2. The highest BCUT2D eigenvalue weighted by atomic mass is 79.9. The zero-order valence-corrected chi connectivity index (χ0v) is 9.48. The highest BCUT2D eigenvalue weighted by Gasteiger charge is 2.02. The molecule has 1 heteroatoms. The van der Waals surface area contributed by atoms with Gasteiger partial charge in [-0.05, 0) is 29.5 Å². The maximum atomic E-state index is 3.45. The molecule has 0 aliphatic carbocycles. The Balaban J connectivity index is 3.03. The minimum Gasteiger partial charge on any atom is -0.0876 e. The first-order valence-electron chi connectivity index (χ1n) is 4.30. The summed E-state index contributed by atoms with van der Waals surface area (Å²) in [5, 5.41) is 0.951. The van der Waals surface area contributed by atoms with E-state index in [0.717, 1.165) is 5.33 Å². The summed E-state index contributed by atoms with van der Waals surface area (Å²) in [6.45, 7) is 6.65. The van der Waals surface area contributed by atoms with Crippen molar-refractivity contribution >= 4 is 15.9 Å². The summed E-state index contributed by atoms with van der Waals surface area (Å²) in [5.74, 6) is 0.634. The van der Waals surface area contributed by atoms with Gasteiger partial charge in [-0.3, -0.25) is 0 Å². The quantitative estimate of drug-likeness (QED) is 0.669. The Bertz CT molecular complexity index is 264. The van der Waals surface area contributed by atoms with Gasteiger partial charge in [0, 0.05) is 5.33 Å². The predicted molar refractivity (Wildman–Crippen MR) is 57.9 cm³/mol. The van der Waals surface area contributed by atoms with Crippen molar-refractivity contribution < 1.29 is 0 Å². The SMILES string of the molecule is Cc1cc(CBr)ccc1C(C)C. The van der Waals surface area contributed by atoms with Gasteiger partial charge in [0.1, 0.15) is 0 Å². The molecule has 0 heterocycles. The van der Waals surface area contributed by atoms with Crippen molar-refractivity contribution in [3.63, 3.8) is 0 Å². The summed E-state index contributed by atoms with van der Waals surface area (Å²) in [5.41, 5.74) is 4.22. The van der Waals surface area contributed by atoms with E-state index in [4.69, 9.17) is 0 Å². The van der Waals surface area contributed by atoms with Crippen LogP contribution in [0.4, 0.5) is 0 Å². The van der Waals surface area contributed by atoms with Crippen molar-refractivity contribution in [2.24, 2.45) is 0 Å². The van der Waals surface area contributed by atoms with Crippen molar-refractivity contribution in [1.29, 1.82) is 0 Å². The Kier molecular flexibility index (Phi) is 3.33. The summed E-state index contributed by atoms with van der Waals surface area (Å²) in [6, 6.07) is 6.68. The first-order chi connectivity index (χ1) is 5.65. The van der Waals surface area contributed by atoms with Crippen LogP contribution in [0.2, 0.25) is 0 Å². The van der Waals surface area contributed by atoms with Crippen molar-refractivity contribution in [3.8, 4) is 0 Å². The fraction of sp³-hybridized carbons (Fsp3) is 0.455. The molecular weight excluding hydrogens is 212 g/mol. The van der Waals surface area contributed by atoms with Crippen molar-refractivity contribution in [2.75, 3.05) is 0 Å². The third-order valence-corrected chi connectivity index (χ3v) is 2.76. The molecule has 0 atom stereocenters. The van der Waals surface area contributed by atoms with E-state index < -0.39 is 0 Å². The lowest BCUT2D eigenvalue weighted by Crippen LogP contribution is -1.92. The van der Waals surface area contributed by atoms with Gasteiger partial charge in [0.05, 0.1) is 0 Å². The monoisotopic (exact) mass is 226 g/mol. The fourth-order valence-corrected chi connectivity index (χ4v) is 1.82. The number of hydrogen-bond acceptors (Lipinski definition) is 0. The summed E-state index contributed by atoms with van der Waals surface area (Å²) in [6.07, 6.45) is 0. The lowest BCUT2D eigenvalue weighted by molar-refractivity contribution is 0.855. The molecule has 1 aromatic rings. The number of alkyl halides is 1. The molecule has 0 radical (unpaired) electrons. The van der Waals surface area contributed by atoms with Crippen molar-refractivity contribution in [2.45, 2.75) is 32.0 Å². The van der Waals surface area contributed by atoms with E-state index in [9.17, 15) is 0 Å². The Morgan fingerprint density at radius 1 is 1.33 bits per heavy atom. The highest BCUT2D eigenvalue weighted by Crippen LogP contribution is 2.20. The molecule has 0 aromatic heterocycles. The molecule has 12 heavy (non-hydrogen) atoms. The van der Waals surface area contributed by atoms with Gasteiger partial charge >= 0.3 is 0 Å². The van der Waals surface area contributed by atoms with E-state index in [0.29, 0.717) is 5.92 Å². The van der Waals surface area contributed by atoms with Crippen LogP contribution in [0.15, 0.2) is 18.2 Å². The van der Waals surface area contributed by atoms with Gasteiger partial charge in [0.25, 0.3) is 0 Å². The van der Waals surface area contributed by atoms with E-state index in [2.05, 4.69) is 54.9 Å². The largest absolute Gasteiger partial charge is 0.0876 e. The van der Waals surface area contributed by atoms with Gasteiger partial charge in [-0.15, -0.1) is 0 Å². The molecule has 0 spiro atoms. The Morgan fingerprint density at radius 2 is 2.00 bits per heavy atom. The molecule has 0 unspecified atom stereocenters. The lowest BCUT2D eigenvalue weighted by Gasteiger charge is -2.10. The first kappa shape index (κ1) is 9.79. The molecule has 0 bridgehead atoms. The molecule has 66 valence electrons. The van der Waals surface area contributed by atoms with Crippen molar-refractivity contribution in [3.05, 3.63) is 34.9 Å². The molecule has 0 saturated heterocycles. The summed E-state index contributed by atoms with van der Waals surface area (Å²) < 4.78 is 0. The molecule has 0 aliphatic heterocycles. The second-order valence-corrected chi connectivity index (χ2v) is 4.04. The van der Waals surface area contributed by atoms with Crippen LogP contribution in [-0.2, 0) is 5.33 Å². The molecule has 0 saturated carbocycles. The average molecular weight is 227 g/mol. The molecular formula is C11H15Br. The van der Waals surface area contributed by atoms with Crippen LogP contribution in [0.3, 0.4) is 0 Å². The standard InChI is InChI=1S/C11H15Br/c1-8(2)11-5-4-10(7-12)6-9(11)3/h4-6,8H,7H2,1-3H3. The second-order valence-electron chi connectivity index (χ2n) is 3.48. The van der Waals surface area contributed by atoms with E-state index in [1.807, 2.05) is 0 Å². The van der Waals surface area contributed by atoms with Crippen LogP contribution >= 0.6 is 15.9 Å². The topological polar surface area (TPSA) is 0 Å². The van der Waals surface area contributed by atoms with E-state index >= 15 is 0 Å². The first-order valence-corrected chi connectivity index (χ1v) is 5.42. The van der Waals surface area contributed by atoms with E-state index in [-0.39, 0.29) is 0 Å². The zero-order chi connectivity index (χ0) is 9.14. The van der Waals surface area contributed by atoms with Gasteiger partial charge in [-0.2, -0.15) is 0 Å². The van der Waals surface area contributed by atoms with Crippen LogP contribution < -0.4 is 0 Å². The third kappa shape index (κ3) is 2.10. The summed E-state index contributed by atoms with van der Waals surface area (Å²) >= 11 is 3.45. The fourth-order valence-electron chi connectivity index (χ4n) is 1.47. The van der Waals surface area contributed by atoms with Gasteiger partial charge < -0.3 is 0 Å². The molecule has 0 amide bonds. The van der Waals surface area contributed by atoms with Crippen LogP contribution in [0.25, 0.3) is 0 Å². The third-order valence-electron chi connectivity index (χ3n) is 2.11. The molecule has 1 rings (SSSR count). The number of halogens is 1. The van der Waals surface area contributed by atoms with Crippen LogP contribution in [0, 0.1) is 6.92 Å². The maximum Gasteiger partial charge on any atom is 0.0283 e. The molecule has 0 nitrogen and oxygen atoms in total. The minimum absolute atomic E-state index is 0.634. The lowest BCUT2D eigenvalue weighted by atomic mass is 9.97. The maximum absolute atomic E-state index is 3.45. The van der Waals surface area contributed by atoms with Crippen LogP contribution in [0.1, 0.15) is 36.5 Å². The minimum atomic E-state index is 0.634. The van der Waals surface area contributed by atoms with Gasteiger partial charge in [0.2, 0.25) is 0 Å². The number of hydrogen-bond donors (Lipinski definition) is 0. The highest BCUT2D eigenvalue weighted by molar-refractivity contribution is 9.08. The zero-order valence-electron chi connectivity index (χ0n) is 7.89. The Labute approximate surface area is 83.1 Å². The summed E-state index contributed by atoms with van der Waals surface area (Å²) in [4.78, 5) is 0. The van der Waals surface area contributed by atoms with E-state index in [1.165, 1.54) is 16.7 Å². The smallest absolute Gasteiger partial charge is 0.0283 e. The second kappa shape index (κ2) is 4.08. The van der Waals surface area contributed by atoms with Gasteiger partial charge in [0.15, 0.2) is 0 Å². The van der Waals surface area contributed by atoms with Crippen molar-refractivity contribution in [1.82, 2.24) is 0 Å².